The largest absolute Gasteiger partial charge is 0.479 e. The molecule has 26 nitrogen and oxygen atoms in total. The third kappa shape index (κ3) is 8.08. The molecule has 2 fully saturated rings. The minimum Gasteiger partial charge on any atom is -0.387 e. The van der Waals surface area contributed by atoms with E-state index in [0.29, 0.717) is 0 Å². The summed E-state index contributed by atoms with van der Waals surface area (Å²) >= 11 is 4.61. The molecule has 6 rings (SSSR count). The number of aromatic amines is 2. The van der Waals surface area contributed by atoms with Crippen LogP contribution in [0.15, 0.2) is 22.2 Å². The Morgan fingerprint density at radius 1 is 0.981 bits per heavy atom. The second-order valence-electron chi connectivity index (χ2n) is 11.7. The zero-order valence-electron chi connectivity index (χ0n) is 27.4. The van der Waals surface area contributed by atoms with Crippen LogP contribution in [0.5, 0.6) is 0 Å². The van der Waals surface area contributed by atoms with E-state index in [4.69, 9.17) is 29.0 Å². The first-order valence-electron chi connectivity index (χ1n) is 15.0. The minimum absolute atomic E-state index is 0.00533. The molecule has 2 saturated heterocycles. The molecule has 5 unspecified atom stereocenters. The molecule has 30 heteroatoms. The van der Waals surface area contributed by atoms with Crippen molar-refractivity contribution >= 4 is 62.4 Å². The number of phosphoric acid groups is 2. The zero-order chi connectivity index (χ0) is 38.8. The van der Waals surface area contributed by atoms with Crippen LogP contribution in [0.4, 0.5) is 5.95 Å². The number of imidazole rings is 2. The topological polar surface area (TPSA) is 364 Å². The van der Waals surface area contributed by atoms with Gasteiger partial charge in [0, 0.05) is 7.11 Å². The molecule has 2 aliphatic rings. The number of H-pyrrole nitrogens is 2. The number of hydrogen-bond donors (Lipinski definition) is 9. The van der Waals surface area contributed by atoms with E-state index in [1.54, 1.807) is 0 Å². The molecule has 4 aromatic heterocycles. The summed E-state index contributed by atoms with van der Waals surface area (Å²) < 4.78 is 64.6. The molecule has 4 aromatic rings. The number of hydrogen-bond acceptors (Lipinski definition) is 19. The number of nitrogens with zero attached hydrogens (tertiary/aromatic N) is 6. The number of phosphoric ester groups is 2. The van der Waals surface area contributed by atoms with Crippen molar-refractivity contribution in [2.75, 3.05) is 26.1 Å². The summed E-state index contributed by atoms with van der Waals surface area (Å²) in [5, 5.41) is 32.0. The van der Waals surface area contributed by atoms with E-state index in [9.17, 15) is 48.7 Å². The van der Waals surface area contributed by atoms with E-state index < -0.39 is 95.8 Å². The van der Waals surface area contributed by atoms with E-state index in [-0.39, 0.29) is 34.1 Å². The number of aromatic nitrogens is 8. The first kappa shape index (κ1) is 39.8. The first-order valence-corrected chi connectivity index (χ1v) is 20.6. The van der Waals surface area contributed by atoms with Crippen LogP contribution in [0.2, 0.25) is 0 Å². The monoisotopic (exact) mass is 832 g/mol. The Kier molecular flexibility index (Phi) is 11.0. The highest BCUT2D eigenvalue weighted by Crippen LogP contribution is 2.68. The van der Waals surface area contributed by atoms with E-state index >= 15 is 0 Å². The zero-order valence-corrected chi connectivity index (χ0v) is 30.9. The number of aliphatic hydroxyl groups is 3. The number of methoxy groups -OCH3 is 1. The molecule has 0 aliphatic carbocycles. The van der Waals surface area contributed by atoms with Crippen molar-refractivity contribution in [1.82, 2.24) is 34.1 Å². The molecule has 0 radical (unpaired) electrons. The van der Waals surface area contributed by atoms with Gasteiger partial charge >= 0.3 is 28.0 Å². The molecule has 6 heterocycles. The maximum absolute atomic E-state index is 12.7. The molecule has 10 N–H and O–H groups in total. The number of ether oxygens (including phenoxy) is 3. The number of nitrogens with one attached hydrogen (secondary N) is 2. The van der Waals surface area contributed by atoms with Gasteiger partial charge in [-0.1, -0.05) is 4.98 Å². The van der Waals surface area contributed by atoms with Crippen LogP contribution in [0.1, 0.15) is 18.3 Å². The van der Waals surface area contributed by atoms with Crippen LogP contribution in [0, 0.1) is 6.92 Å². The maximum atomic E-state index is 12.7. The molecule has 53 heavy (non-hydrogen) atoms. The highest BCUT2D eigenvalue weighted by Gasteiger charge is 2.50. The molecule has 0 aromatic carbocycles. The summed E-state index contributed by atoms with van der Waals surface area (Å²) in [4.78, 5) is 72.4. The Labute approximate surface area is 300 Å². The molecule has 0 bridgehead atoms. The minimum atomic E-state index is -5.45. The fourth-order valence-electron chi connectivity index (χ4n) is 5.77. The lowest BCUT2D eigenvalue weighted by atomic mass is 10.1. The average Bonchev–Trinajstić information content (AvgIpc) is 3.77. The second-order valence-corrected chi connectivity index (χ2v) is 17.7. The van der Waals surface area contributed by atoms with E-state index in [0.717, 1.165) is 10.9 Å². The van der Waals surface area contributed by atoms with Gasteiger partial charge in [-0.25, -0.2) is 32.3 Å². The fraction of sp³-hybridized carbons (Fsp3) is 0.565. The highest BCUT2D eigenvalue weighted by molar-refractivity contribution is 8.09. The fourth-order valence-corrected chi connectivity index (χ4v) is 10.8. The molecule has 0 amide bonds. The Balaban J connectivity index is 1.06. The first-order chi connectivity index (χ1) is 24.7. The lowest BCUT2D eigenvalue weighted by molar-refractivity contribution is -0.746. The van der Waals surface area contributed by atoms with Crippen molar-refractivity contribution < 1.29 is 75.6 Å². The summed E-state index contributed by atoms with van der Waals surface area (Å²) in [6.07, 6.45) is -9.01. The summed E-state index contributed by atoms with van der Waals surface area (Å²) in [6.45, 7) is -5.50. The maximum Gasteiger partial charge on any atom is 0.479 e. The normalized spacial score (nSPS) is 29.8. The van der Waals surface area contributed by atoms with Crippen molar-refractivity contribution in [2.24, 2.45) is 7.05 Å². The van der Waals surface area contributed by atoms with E-state index in [1.807, 2.05) is 0 Å². The van der Waals surface area contributed by atoms with Crippen molar-refractivity contribution in [1.29, 1.82) is 0 Å². The molecule has 292 valence electrons. The molecule has 0 saturated carbocycles. The van der Waals surface area contributed by atoms with Gasteiger partial charge in [-0.3, -0.25) is 32.8 Å². The smallest absolute Gasteiger partial charge is 0.387 e. The third-order valence-corrected chi connectivity index (χ3v) is 13.5. The van der Waals surface area contributed by atoms with Crippen LogP contribution >= 0.6 is 22.4 Å². The van der Waals surface area contributed by atoms with Crippen LogP contribution in [-0.4, -0.2) is 121 Å². The van der Waals surface area contributed by atoms with Gasteiger partial charge < -0.3 is 54.9 Å². The van der Waals surface area contributed by atoms with Gasteiger partial charge in [0.15, 0.2) is 23.7 Å². The van der Waals surface area contributed by atoms with E-state index in [2.05, 4.69) is 45.3 Å². The van der Waals surface area contributed by atoms with Crippen LogP contribution in [0.3, 0.4) is 0 Å². The van der Waals surface area contributed by atoms with Crippen LogP contribution in [-0.2, 0) is 59.9 Å². The van der Waals surface area contributed by atoms with Crippen molar-refractivity contribution in [3.05, 3.63) is 39.2 Å². The Morgan fingerprint density at radius 2 is 1.60 bits per heavy atom. The summed E-state index contributed by atoms with van der Waals surface area (Å²) in [5.41, 5.74) is 4.62. The van der Waals surface area contributed by atoms with Gasteiger partial charge in [-0.15, -0.1) is 0 Å². The average molecular weight is 833 g/mol. The highest BCUT2D eigenvalue weighted by atomic mass is 32.5. The van der Waals surface area contributed by atoms with Gasteiger partial charge in [-0.2, -0.15) is 0 Å². The second kappa shape index (κ2) is 14.6. The third-order valence-electron chi connectivity index (χ3n) is 8.03. The molecule has 11 atom stereocenters. The summed E-state index contributed by atoms with van der Waals surface area (Å²) in [6, 6.07) is 0. The lowest BCUT2D eigenvalue weighted by Crippen LogP contribution is -2.47. The number of fused-ring (bicyclic) bond motifs is 2. The Hall–Kier alpha value is -2.91. The molecule has 2 aliphatic heterocycles. The number of anilines is 1. The summed E-state index contributed by atoms with van der Waals surface area (Å²) in [5.74, 6) is 0.00449. The molecular formula is C23H33N9O17P3S+. The molecular weight excluding hydrogens is 799 g/mol. The predicted molar refractivity (Wildman–Crippen MR) is 176 cm³/mol. The standard InChI is InChI=1S/C23H32N9O17P3S/c1-8-26-17-11(19(36)27-8)25-6-31(17)21-15(35)13(33)9(46-21)4-44-50(38,39)48-52(42,53)49-51(40,41)45-5-10-14(34)16(43-3)22(47-10)32-7-30(2)12-18(32)28-23(24)29-20(12)37/h6-7,9-10,13-16,21-22,33-35H,4-5H2,1-3H3,(H6-,24,26,27,28,29,36,37,38,39,40,41,42,53)/p+1/t9-,10-,13?,14?,15+,16+,21-,22-,52?/m1/s1. The van der Waals surface area contributed by atoms with Gasteiger partial charge in [0.2, 0.25) is 11.7 Å². The number of nitrogen functional groups attached to an aromatic ring is 1. The van der Waals surface area contributed by atoms with Crippen molar-refractivity contribution in [3.8, 4) is 0 Å². The number of rotatable bonds is 13. The van der Waals surface area contributed by atoms with Gasteiger partial charge in [0.05, 0.1) is 26.6 Å². The van der Waals surface area contributed by atoms with Gasteiger partial charge in [-0.05, 0) is 18.7 Å². The Morgan fingerprint density at radius 3 is 2.23 bits per heavy atom. The predicted octanol–water partition coefficient (Wildman–Crippen LogP) is -3.05. The van der Waals surface area contributed by atoms with Gasteiger partial charge in [0.1, 0.15) is 42.4 Å². The van der Waals surface area contributed by atoms with Crippen molar-refractivity contribution in [2.45, 2.75) is 56.0 Å². The van der Waals surface area contributed by atoms with Gasteiger partial charge in [0.25, 0.3) is 17.1 Å². The van der Waals surface area contributed by atoms with Crippen LogP contribution in [0.25, 0.3) is 22.3 Å². The Bertz CT molecular complexity index is 2300. The number of aliphatic hydroxyl groups excluding tert-OH is 3. The lowest BCUT2D eigenvalue weighted by Gasteiger charge is -2.23. The number of aryl methyl sites for hydroxylation is 2. The quantitative estimate of drug-likeness (QED) is 0.0477. The van der Waals surface area contributed by atoms with Crippen molar-refractivity contribution in [3.63, 3.8) is 0 Å². The SMILES string of the molecule is CO[C@H]1C(O)[C@@H](COP(=O)(O)OP(O)(=S)OP(=O)(O)OC[C@H]2O[C@@H](n3cnc4c(=O)[nH]c(C)nc43)[C@@H](O)C2O)O[C@H]1[n+]1cn(C)c2c(=O)[nH]c(N)nc21. The van der Waals surface area contributed by atoms with E-state index in [1.165, 1.54) is 36.5 Å². The summed E-state index contributed by atoms with van der Waals surface area (Å²) in [7, 11) is -8.11. The van der Waals surface area contributed by atoms with Crippen LogP contribution < -0.4 is 21.4 Å². The molecule has 0 spiro atoms. The number of nitrogens with two attached hydrogens (primary N) is 1.